The van der Waals surface area contributed by atoms with Gasteiger partial charge in [-0.1, -0.05) is 32.0 Å². The fraction of sp³-hybridized carbons (Fsp3) is 0.538. The van der Waals surface area contributed by atoms with Gasteiger partial charge in [-0.3, -0.25) is 0 Å². The van der Waals surface area contributed by atoms with E-state index in [-0.39, 0.29) is 6.61 Å². The molecule has 1 aromatic carbocycles. The first-order valence-electron chi connectivity index (χ1n) is 5.46. The summed E-state index contributed by atoms with van der Waals surface area (Å²) in [7, 11) is 0. The Morgan fingerprint density at radius 1 is 1.36 bits per heavy atom. The molecule has 1 aliphatic carbocycles. The fourth-order valence-corrected chi connectivity index (χ4v) is 2.00. The molecule has 1 nitrogen and oxygen atoms in total. The Hall–Kier alpha value is -0.820. The van der Waals surface area contributed by atoms with Gasteiger partial charge in [-0.2, -0.15) is 0 Å². The predicted octanol–water partition coefficient (Wildman–Crippen LogP) is 3.18. The third-order valence-corrected chi connectivity index (χ3v) is 3.01. The number of hydrogen-bond acceptors (Lipinski definition) is 1. The van der Waals surface area contributed by atoms with Gasteiger partial charge in [-0.25, -0.2) is 0 Å². The highest BCUT2D eigenvalue weighted by Gasteiger charge is 2.24. The van der Waals surface area contributed by atoms with Crippen LogP contribution in [0.3, 0.4) is 0 Å². The van der Waals surface area contributed by atoms with Crippen molar-refractivity contribution < 1.29 is 5.11 Å². The van der Waals surface area contributed by atoms with Crippen LogP contribution in [-0.2, 0) is 6.61 Å². The molecule has 0 atom stereocenters. The van der Waals surface area contributed by atoms with E-state index < -0.39 is 0 Å². The molecule has 0 amide bonds. The average molecular weight is 190 g/mol. The lowest BCUT2D eigenvalue weighted by atomic mass is 9.94. The third kappa shape index (κ3) is 1.83. The van der Waals surface area contributed by atoms with Crippen LogP contribution in [0.2, 0.25) is 0 Å². The molecule has 0 radical (unpaired) electrons. The first kappa shape index (κ1) is 9.72. The van der Waals surface area contributed by atoms with E-state index in [2.05, 4.69) is 32.0 Å². The number of hydrogen-bond donors (Lipinski definition) is 1. The summed E-state index contributed by atoms with van der Waals surface area (Å²) in [4.78, 5) is 0. The van der Waals surface area contributed by atoms with Gasteiger partial charge in [0.15, 0.2) is 0 Å². The van der Waals surface area contributed by atoms with Crippen LogP contribution < -0.4 is 0 Å². The molecule has 1 saturated carbocycles. The summed E-state index contributed by atoms with van der Waals surface area (Å²) in [5.74, 6) is 1.28. The maximum atomic E-state index is 9.29. The van der Waals surface area contributed by atoms with E-state index in [4.69, 9.17) is 0 Å². The lowest BCUT2D eigenvalue weighted by Crippen LogP contribution is -1.97. The molecule has 1 aliphatic rings. The van der Waals surface area contributed by atoms with E-state index in [9.17, 15) is 5.11 Å². The summed E-state index contributed by atoms with van der Waals surface area (Å²) in [6, 6.07) is 6.60. The minimum Gasteiger partial charge on any atom is -0.392 e. The van der Waals surface area contributed by atoms with Gasteiger partial charge in [0.2, 0.25) is 0 Å². The molecule has 0 heterocycles. The quantitative estimate of drug-likeness (QED) is 0.776. The Morgan fingerprint density at radius 2 is 2.07 bits per heavy atom. The van der Waals surface area contributed by atoms with Crippen molar-refractivity contribution in [3.8, 4) is 0 Å². The van der Waals surface area contributed by atoms with Crippen LogP contribution in [0.5, 0.6) is 0 Å². The average Bonchev–Trinajstić information content (AvgIpc) is 3.00. The van der Waals surface area contributed by atoms with Gasteiger partial charge >= 0.3 is 0 Å². The molecule has 0 aromatic heterocycles. The van der Waals surface area contributed by atoms with Gasteiger partial charge in [-0.05, 0) is 41.4 Å². The molecule has 1 heteroatoms. The monoisotopic (exact) mass is 190 g/mol. The van der Waals surface area contributed by atoms with Crippen LogP contribution in [0.25, 0.3) is 0 Å². The number of rotatable bonds is 3. The summed E-state index contributed by atoms with van der Waals surface area (Å²) in [6.45, 7) is 4.52. The first-order chi connectivity index (χ1) is 6.72. The van der Waals surface area contributed by atoms with Crippen LogP contribution in [0.15, 0.2) is 18.2 Å². The van der Waals surface area contributed by atoms with Crippen molar-refractivity contribution in [3.63, 3.8) is 0 Å². The number of benzene rings is 1. The Labute approximate surface area is 85.8 Å². The van der Waals surface area contributed by atoms with Crippen molar-refractivity contribution in [2.24, 2.45) is 0 Å². The number of aliphatic hydroxyl groups is 1. The van der Waals surface area contributed by atoms with Crippen LogP contribution >= 0.6 is 0 Å². The highest BCUT2D eigenvalue weighted by Crippen LogP contribution is 2.41. The highest BCUT2D eigenvalue weighted by atomic mass is 16.3. The zero-order chi connectivity index (χ0) is 10.1. The van der Waals surface area contributed by atoms with Crippen molar-refractivity contribution in [3.05, 3.63) is 34.9 Å². The molecule has 1 N–H and O–H groups in total. The number of aliphatic hydroxyl groups excluding tert-OH is 1. The second kappa shape index (κ2) is 3.74. The van der Waals surface area contributed by atoms with E-state index in [0.29, 0.717) is 5.92 Å². The van der Waals surface area contributed by atoms with Crippen LogP contribution in [0.4, 0.5) is 0 Å². The summed E-state index contributed by atoms with van der Waals surface area (Å²) in [5, 5.41) is 9.29. The van der Waals surface area contributed by atoms with Gasteiger partial charge in [0.25, 0.3) is 0 Å². The van der Waals surface area contributed by atoms with Gasteiger partial charge in [-0.15, -0.1) is 0 Å². The van der Waals surface area contributed by atoms with Crippen molar-refractivity contribution in [1.29, 1.82) is 0 Å². The minimum atomic E-state index is 0.175. The SMILES string of the molecule is CC(C)c1ccc(C2CC2)cc1CO. The van der Waals surface area contributed by atoms with Gasteiger partial charge < -0.3 is 5.11 Å². The standard InChI is InChI=1S/C13H18O/c1-9(2)13-6-5-11(10-3-4-10)7-12(13)8-14/h5-7,9-10,14H,3-4,8H2,1-2H3. The Bertz CT molecular complexity index is 324. The van der Waals surface area contributed by atoms with Gasteiger partial charge in [0, 0.05) is 0 Å². The summed E-state index contributed by atoms with van der Waals surface area (Å²) in [5.41, 5.74) is 3.82. The third-order valence-electron chi connectivity index (χ3n) is 3.01. The Kier molecular flexibility index (Phi) is 2.60. The summed E-state index contributed by atoms with van der Waals surface area (Å²) in [6.07, 6.45) is 2.65. The molecule has 1 aromatic rings. The Morgan fingerprint density at radius 3 is 2.57 bits per heavy atom. The first-order valence-corrected chi connectivity index (χ1v) is 5.46. The molecule has 0 aliphatic heterocycles. The van der Waals surface area contributed by atoms with Gasteiger partial charge in [0.05, 0.1) is 6.61 Å². The molecule has 1 fully saturated rings. The van der Waals surface area contributed by atoms with Crippen molar-refractivity contribution in [2.75, 3.05) is 0 Å². The van der Waals surface area contributed by atoms with Crippen molar-refractivity contribution in [2.45, 2.75) is 45.1 Å². The second-order valence-electron chi connectivity index (χ2n) is 4.55. The van der Waals surface area contributed by atoms with Crippen LogP contribution in [-0.4, -0.2) is 5.11 Å². The molecule has 0 unspecified atom stereocenters. The zero-order valence-electron chi connectivity index (χ0n) is 8.96. The largest absolute Gasteiger partial charge is 0.392 e. The molecule has 0 bridgehead atoms. The zero-order valence-corrected chi connectivity index (χ0v) is 8.96. The fourth-order valence-electron chi connectivity index (χ4n) is 2.00. The van der Waals surface area contributed by atoms with E-state index >= 15 is 0 Å². The van der Waals surface area contributed by atoms with E-state index in [1.165, 1.54) is 24.0 Å². The van der Waals surface area contributed by atoms with Gasteiger partial charge in [0.1, 0.15) is 0 Å². The topological polar surface area (TPSA) is 20.2 Å². The molecule has 0 saturated heterocycles. The molecule has 2 rings (SSSR count). The normalized spacial score (nSPS) is 16.3. The molecule has 14 heavy (non-hydrogen) atoms. The lowest BCUT2D eigenvalue weighted by molar-refractivity contribution is 0.280. The van der Waals surface area contributed by atoms with E-state index in [0.717, 1.165) is 11.5 Å². The second-order valence-corrected chi connectivity index (χ2v) is 4.55. The predicted molar refractivity (Wildman–Crippen MR) is 58.4 cm³/mol. The molecular weight excluding hydrogens is 172 g/mol. The maximum absolute atomic E-state index is 9.29. The minimum absolute atomic E-state index is 0.175. The van der Waals surface area contributed by atoms with Crippen molar-refractivity contribution in [1.82, 2.24) is 0 Å². The van der Waals surface area contributed by atoms with Crippen molar-refractivity contribution >= 4 is 0 Å². The molecule has 76 valence electrons. The maximum Gasteiger partial charge on any atom is 0.0684 e. The summed E-state index contributed by atoms with van der Waals surface area (Å²) >= 11 is 0. The van der Waals surface area contributed by atoms with E-state index in [1.807, 2.05) is 0 Å². The molecular formula is C13H18O. The van der Waals surface area contributed by atoms with E-state index in [1.54, 1.807) is 0 Å². The summed E-state index contributed by atoms with van der Waals surface area (Å²) < 4.78 is 0. The Balaban J connectivity index is 2.33. The smallest absolute Gasteiger partial charge is 0.0684 e. The van der Waals surface area contributed by atoms with Crippen LogP contribution in [0.1, 0.15) is 55.2 Å². The lowest BCUT2D eigenvalue weighted by Gasteiger charge is -2.12. The molecule has 0 spiro atoms. The van der Waals surface area contributed by atoms with Crippen LogP contribution in [0, 0.1) is 0 Å². The highest BCUT2D eigenvalue weighted by molar-refractivity contribution is 5.36.